The number of benzene rings is 1. The minimum atomic E-state index is 0.915. The zero-order valence-corrected chi connectivity index (χ0v) is 9.96. The van der Waals surface area contributed by atoms with Crippen molar-refractivity contribution in [3.05, 3.63) is 35.0 Å². The maximum Gasteiger partial charge on any atom is 0.0758 e. The van der Waals surface area contributed by atoms with Gasteiger partial charge in [0.1, 0.15) is 0 Å². The Kier molecular flexibility index (Phi) is 2.79. The maximum atomic E-state index is 5.55. The summed E-state index contributed by atoms with van der Waals surface area (Å²) in [5, 5.41) is 1.09. The van der Waals surface area contributed by atoms with Crippen LogP contribution in [0.2, 0.25) is 0 Å². The van der Waals surface area contributed by atoms with Crippen LogP contribution in [-0.2, 0) is 6.42 Å². The number of nitrogens with one attached hydrogen (secondary N) is 1. The summed E-state index contributed by atoms with van der Waals surface area (Å²) in [6.45, 7) is 6.30. The Morgan fingerprint density at radius 2 is 2.06 bits per heavy atom. The van der Waals surface area contributed by atoms with E-state index >= 15 is 0 Å². The second-order valence-corrected chi connectivity index (χ2v) is 4.06. The predicted molar refractivity (Wildman–Crippen MR) is 68.4 cm³/mol. The Morgan fingerprint density at radius 1 is 1.31 bits per heavy atom. The number of fused-ring (bicyclic) bond motifs is 1. The molecule has 0 radical (unpaired) electrons. The third-order valence-corrected chi connectivity index (χ3v) is 3.08. The first kappa shape index (κ1) is 10.9. The fourth-order valence-corrected chi connectivity index (χ4v) is 1.88. The second kappa shape index (κ2) is 4.10. The van der Waals surface area contributed by atoms with Crippen LogP contribution in [0.4, 0.5) is 5.69 Å². The molecular weight excluding hydrogens is 198 g/mol. The smallest absolute Gasteiger partial charge is 0.0758 e. The van der Waals surface area contributed by atoms with E-state index in [1.807, 2.05) is 6.07 Å². The van der Waals surface area contributed by atoms with Crippen LogP contribution >= 0.6 is 0 Å². The summed E-state index contributed by atoms with van der Waals surface area (Å²) >= 11 is 0. The number of aryl methyl sites for hydroxylation is 3. The minimum absolute atomic E-state index is 0.915. The molecule has 2 aromatic rings. The average Bonchev–Trinajstić information content (AvgIpc) is 2.32. The highest BCUT2D eigenvalue weighted by Gasteiger charge is 2.07. The lowest BCUT2D eigenvalue weighted by Gasteiger charge is -2.11. The van der Waals surface area contributed by atoms with Gasteiger partial charge in [-0.05, 0) is 37.5 Å². The lowest BCUT2D eigenvalue weighted by molar-refractivity contribution is 1.05. The number of nitrogens with two attached hydrogens (primary N) is 1. The van der Waals surface area contributed by atoms with Gasteiger partial charge in [0.25, 0.3) is 0 Å². The van der Waals surface area contributed by atoms with Gasteiger partial charge in [-0.1, -0.05) is 19.1 Å². The number of hydrogen-bond acceptors (Lipinski definition) is 3. The van der Waals surface area contributed by atoms with E-state index in [2.05, 4.69) is 43.3 Å². The van der Waals surface area contributed by atoms with Crippen molar-refractivity contribution >= 4 is 16.6 Å². The van der Waals surface area contributed by atoms with Crippen LogP contribution in [0.5, 0.6) is 0 Å². The van der Waals surface area contributed by atoms with E-state index < -0.39 is 0 Å². The number of pyridine rings is 1. The molecule has 84 valence electrons. The van der Waals surface area contributed by atoms with Crippen molar-refractivity contribution in [3.63, 3.8) is 0 Å². The van der Waals surface area contributed by atoms with Crippen molar-refractivity contribution < 1.29 is 0 Å². The zero-order chi connectivity index (χ0) is 11.7. The minimum Gasteiger partial charge on any atom is -0.323 e. The predicted octanol–water partition coefficient (Wildman–Crippen LogP) is 2.70. The molecule has 0 fully saturated rings. The van der Waals surface area contributed by atoms with Gasteiger partial charge < -0.3 is 5.43 Å². The summed E-state index contributed by atoms with van der Waals surface area (Å²) in [5.41, 5.74) is 8.30. The van der Waals surface area contributed by atoms with E-state index in [-0.39, 0.29) is 0 Å². The van der Waals surface area contributed by atoms with E-state index in [1.54, 1.807) is 0 Å². The van der Waals surface area contributed by atoms with E-state index in [1.165, 1.54) is 11.1 Å². The van der Waals surface area contributed by atoms with Gasteiger partial charge in [-0.25, -0.2) is 0 Å². The Labute approximate surface area is 95.7 Å². The number of aromatic nitrogens is 1. The van der Waals surface area contributed by atoms with Gasteiger partial charge >= 0.3 is 0 Å². The molecule has 16 heavy (non-hydrogen) atoms. The molecule has 0 saturated heterocycles. The zero-order valence-electron chi connectivity index (χ0n) is 9.96. The summed E-state index contributed by atoms with van der Waals surface area (Å²) < 4.78 is 0. The van der Waals surface area contributed by atoms with Gasteiger partial charge in [0.15, 0.2) is 0 Å². The van der Waals surface area contributed by atoms with Crippen LogP contribution in [0.3, 0.4) is 0 Å². The first-order valence-corrected chi connectivity index (χ1v) is 5.53. The van der Waals surface area contributed by atoms with Crippen molar-refractivity contribution in [2.24, 2.45) is 5.84 Å². The number of hydrogen-bond donors (Lipinski definition) is 2. The molecule has 1 aromatic heterocycles. The van der Waals surface area contributed by atoms with Gasteiger partial charge in [0, 0.05) is 11.1 Å². The molecule has 2 rings (SSSR count). The molecule has 0 unspecified atom stereocenters. The number of rotatable bonds is 2. The van der Waals surface area contributed by atoms with Crippen molar-refractivity contribution in [2.75, 3.05) is 5.43 Å². The van der Waals surface area contributed by atoms with Crippen molar-refractivity contribution in [2.45, 2.75) is 27.2 Å². The summed E-state index contributed by atoms with van der Waals surface area (Å²) in [6, 6.07) is 6.18. The normalized spacial score (nSPS) is 10.8. The Morgan fingerprint density at radius 3 is 2.69 bits per heavy atom. The van der Waals surface area contributed by atoms with E-state index in [9.17, 15) is 0 Å². The Bertz CT molecular complexity index is 532. The molecule has 1 heterocycles. The van der Waals surface area contributed by atoms with Crippen LogP contribution in [0.25, 0.3) is 10.9 Å². The summed E-state index contributed by atoms with van der Waals surface area (Å²) in [7, 11) is 0. The average molecular weight is 215 g/mol. The molecule has 0 aliphatic heterocycles. The highest BCUT2D eigenvalue weighted by Crippen LogP contribution is 2.26. The van der Waals surface area contributed by atoms with Crippen LogP contribution in [0.1, 0.15) is 23.7 Å². The molecular formula is C13H17N3. The fraction of sp³-hybridized carbons (Fsp3) is 0.308. The molecule has 0 aliphatic rings. The lowest BCUT2D eigenvalue weighted by Crippen LogP contribution is -2.08. The lowest BCUT2D eigenvalue weighted by atomic mass is 10.0. The van der Waals surface area contributed by atoms with Gasteiger partial charge in [0.05, 0.1) is 11.2 Å². The van der Waals surface area contributed by atoms with Gasteiger partial charge in [-0.2, -0.15) is 0 Å². The Hall–Kier alpha value is -1.61. The van der Waals surface area contributed by atoms with Crippen molar-refractivity contribution in [1.82, 2.24) is 4.98 Å². The number of nitrogen functional groups attached to an aromatic ring is 1. The first-order chi connectivity index (χ1) is 7.67. The third kappa shape index (κ3) is 1.63. The second-order valence-electron chi connectivity index (χ2n) is 4.06. The fourth-order valence-electron chi connectivity index (χ4n) is 1.88. The third-order valence-electron chi connectivity index (χ3n) is 3.08. The number of anilines is 1. The molecule has 3 heteroatoms. The van der Waals surface area contributed by atoms with Crippen molar-refractivity contribution in [3.8, 4) is 0 Å². The Balaban J connectivity index is 2.84. The maximum absolute atomic E-state index is 5.55. The monoisotopic (exact) mass is 215 g/mol. The molecule has 0 atom stereocenters. The molecule has 3 N–H and O–H groups in total. The molecule has 0 amide bonds. The molecule has 0 aliphatic carbocycles. The van der Waals surface area contributed by atoms with Crippen molar-refractivity contribution in [1.29, 1.82) is 0 Å². The molecule has 0 saturated carbocycles. The standard InChI is InChI=1S/C13H17N3/c1-4-10-7-12(16-14)11-6-5-8(2)9(3)13(11)15-10/h5-7H,4,14H2,1-3H3,(H,15,16). The largest absolute Gasteiger partial charge is 0.323 e. The summed E-state index contributed by atoms with van der Waals surface area (Å²) in [6.07, 6.45) is 0.915. The van der Waals surface area contributed by atoms with Gasteiger partial charge in [-0.3, -0.25) is 10.8 Å². The number of hydrazine groups is 1. The van der Waals surface area contributed by atoms with E-state index in [0.717, 1.165) is 28.7 Å². The van der Waals surface area contributed by atoms with Gasteiger partial charge in [0.2, 0.25) is 0 Å². The molecule has 1 aromatic carbocycles. The quantitative estimate of drug-likeness (QED) is 0.598. The summed E-state index contributed by atoms with van der Waals surface area (Å²) in [5.74, 6) is 5.55. The highest BCUT2D eigenvalue weighted by molar-refractivity contribution is 5.93. The van der Waals surface area contributed by atoms with Crippen LogP contribution in [0, 0.1) is 13.8 Å². The highest BCUT2D eigenvalue weighted by atomic mass is 15.2. The molecule has 0 spiro atoms. The number of nitrogens with zero attached hydrogens (tertiary/aromatic N) is 1. The summed E-state index contributed by atoms with van der Waals surface area (Å²) in [4.78, 5) is 4.67. The molecule has 0 bridgehead atoms. The van der Waals surface area contributed by atoms with Crippen LogP contribution < -0.4 is 11.3 Å². The topological polar surface area (TPSA) is 50.9 Å². The van der Waals surface area contributed by atoms with Crippen LogP contribution in [0.15, 0.2) is 18.2 Å². The molecule has 3 nitrogen and oxygen atoms in total. The van der Waals surface area contributed by atoms with Gasteiger partial charge in [-0.15, -0.1) is 0 Å². The van der Waals surface area contributed by atoms with E-state index in [4.69, 9.17) is 5.84 Å². The first-order valence-electron chi connectivity index (χ1n) is 5.53. The van der Waals surface area contributed by atoms with Crippen LogP contribution in [-0.4, -0.2) is 4.98 Å². The SMILES string of the molecule is CCc1cc(NN)c2ccc(C)c(C)c2n1. The van der Waals surface area contributed by atoms with E-state index in [0.29, 0.717) is 0 Å².